The molecule has 0 bridgehead atoms. The van der Waals surface area contributed by atoms with E-state index in [-0.39, 0.29) is 5.78 Å². The van der Waals surface area contributed by atoms with E-state index in [4.69, 9.17) is 4.74 Å². The molecule has 0 atom stereocenters. The van der Waals surface area contributed by atoms with E-state index in [0.717, 1.165) is 29.3 Å². The fourth-order valence-electron chi connectivity index (χ4n) is 3.29. The number of nitrogens with zero attached hydrogens (tertiary/aromatic N) is 1. The molecule has 1 heterocycles. The Morgan fingerprint density at radius 1 is 1.08 bits per heavy atom. The van der Waals surface area contributed by atoms with Crippen LogP contribution in [0.4, 0.5) is 0 Å². The Kier molecular flexibility index (Phi) is 4.70. The third-order valence-corrected chi connectivity index (χ3v) is 4.65. The normalized spacial score (nSPS) is 11.2. The third kappa shape index (κ3) is 2.82. The van der Waals surface area contributed by atoms with Gasteiger partial charge in [0.05, 0.1) is 7.11 Å². The zero-order valence-corrected chi connectivity index (χ0v) is 14.5. The summed E-state index contributed by atoms with van der Waals surface area (Å²) < 4.78 is 7.50. The van der Waals surface area contributed by atoms with Gasteiger partial charge < -0.3 is 9.30 Å². The van der Waals surface area contributed by atoms with E-state index in [1.807, 2.05) is 42.6 Å². The SMILES string of the molecule is CCC(CC)n1cc(C(=O)c2cccc(OC)c2)c2ccccc21. The van der Waals surface area contributed by atoms with Crippen molar-refractivity contribution in [3.8, 4) is 5.75 Å². The molecule has 0 fully saturated rings. The number of para-hydroxylation sites is 1. The number of benzene rings is 2. The predicted molar refractivity (Wildman–Crippen MR) is 98.0 cm³/mol. The molecule has 3 aromatic rings. The van der Waals surface area contributed by atoms with Gasteiger partial charge in [-0.1, -0.05) is 44.2 Å². The first-order valence-corrected chi connectivity index (χ1v) is 8.47. The van der Waals surface area contributed by atoms with Gasteiger partial charge in [0, 0.05) is 34.3 Å². The molecule has 0 unspecified atom stereocenters. The lowest BCUT2D eigenvalue weighted by molar-refractivity contribution is 0.103. The van der Waals surface area contributed by atoms with Gasteiger partial charge in [0.1, 0.15) is 5.75 Å². The van der Waals surface area contributed by atoms with Crippen LogP contribution in [0.15, 0.2) is 54.7 Å². The molecule has 2 aromatic carbocycles. The van der Waals surface area contributed by atoms with E-state index in [9.17, 15) is 4.79 Å². The molecule has 24 heavy (non-hydrogen) atoms. The van der Waals surface area contributed by atoms with Crippen LogP contribution in [-0.4, -0.2) is 17.5 Å². The van der Waals surface area contributed by atoms with Crippen LogP contribution in [0.1, 0.15) is 48.7 Å². The number of ketones is 1. The fourth-order valence-corrected chi connectivity index (χ4v) is 3.29. The van der Waals surface area contributed by atoms with E-state index < -0.39 is 0 Å². The van der Waals surface area contributed by atoms with Crippen molar-refractivity contribution in [1.29, 1.82) is 0 Å². The topological polar surface area (TPSA) is 31.2 Å². The van der Waals surface area contributed by atoms with E-state index in [2.05, 4.69) is 24.5 Å². The molecular formula is C21H23NO2. The van der Waals surface area contributed by atoms with Gasteiger partial charge in [0.25, 0.3) is 0 Å². The Balaban J connectivity index is 2.13. The van der Waals surface area contributed by atoms with Crippen molar-refractivity contribution < 1.29 is 9.53 Å². The molecule has 124 valence electrons. The minimum absolute atomic E-state index is 0.0369. The number of ether oxygens (including phenoxy) is 1. The number of methoxy groups -OCH3 is 1. The highest BCUT2D eigenvalue weighted by molar-refractivity contribution is 6.16. The summed E-state index contributed by atoms with van der Waals surface area (Å²) in [4.78, 5) is 13.1. The first kappa shape index (κ1) is 16.3. The van der Waals surface area contributed by atoms with Gasteiger partial charge in [-0.05, 0) is 31.0 Å². The number of hydrogen-bond acceptors (Lipinski definition) is 2. The van der Waals surface area contributed by atoms with Crippen LogP contribution in [0, 0.1) is 0 Å². The van der Waals surface area contributed by atoms with Crippen LogP contribution in [-0.2, 0) is 0 Å². The van der Waals surface area contributed by atoms with Gasteiger partial charge in [-0.25, -0.2) is 0 Å². The van der Waals surface area contributed by atoms with Crippen molar-refractivity contribution in [3.05, 3.63) is 65.9 Å². The van der Waals surface area contributed by atoms with Crippen LogP contribution in [0.5, 0.6) is 5.75 Å². The summed E-state index contributed by atoms with van der Waals surface area (Å²) in [5, 5.41) is 1.01. The van der Waals surface area contributed by atoms with Crippen LogP contribution in [0.3, 0.4) is 0 Å². The molecule has 0 N–H and O–H groups in total. The summed E-state index contributed by atoms with van der Waals surface area (Å²) in [6.45, 7) is 4.37. The standard InChI is InChI=1S/C21H23NO2/c1-4-16(5-2)22-14-19(18-11-6-7-12-20(18)22)21(23)15-9-8-10-17(13-15)24-3/h6-14,16H,4-5H2,1-3H3. The second-order valence-electron chi connectivity index (χ2n) is 6.00. The Morgan fingerprint density at radius 3 is 2.54 bits per heavy atom. The molecular weight excluding hydrogens is 298 g/mol. The summed E-state index contributed by atoms with van der Waals surface area (Å²) in [5.41, 5.74) is 2.53. The number of carbonyl (C=O) groups is 1. The minimum Gasteiger partial charge on any atom is -0.497 e. The van der Waals surface area contributed by atoms with Crippen molar-refractivity contribution in [2.75, 3.05) is 7.11 Å². The maximum atomic E-state index is 13.1. The summed E-state index contributed by atoms with van der Waals surface area (Å²) in [6.07, 6.45) is 4.11. The number of carbonyl (C=O) groups excluding carboxylic acids is 1. The molecule has 3 rings (SSSR count). The van der Waals surface area contributed by atoms with Gasteiger partial charge in [0.2, 0.25) is 0 Å². The fraction of sp³-hybridized carbons (Fsp3) is 0.286. The van der Waals surface area contributed by atoms with Crippen molar-refractivity contribution in [2.24, 2.45) is 0 Å². The molecule has 3 nitrogen and oxygen atoms in total. The average molecular weight is 321 g/mol. The maximum absolute atomic E-state index is 13.1. The van der Waals surface area contributed by atoms with Crippen LogP contribution in [0.2, 0.25) is 0 Å². The molecule has 0 saturated carbocycles. The number of aromatic nitrogens is 1. The van der Waals surface area contributed by atoms with E-state index in [1.165, 1.54) is 0 Å². The van der Waals surface area contributed by atoms with Gasteiger partial charge in [-0.3, -0.25) is 4.79 Å². The predicted octanol–water partition coefficient (Wildman–Crippen LogP) is 5.24. The van der Waals surface area contributed by atoms with E-state index in [1.54, 1.807) is 13.2 Å². The lowest BCUT2D eigenvalue weighted by Crippen LogP contribution is -2.06. The molecule has 3 heteroatoms. The number of fused-ring (bicyclic) bond motifs is 1. The highest BCUT2D eigenvalue weighted by Gasteiger charge is 2.19. The average Bonchev–Trinajstić information content (AvgIpc) is 3.02. The van der Waals surface area contributed by atoms with Crippen molar-refractivity contribution >= 4 is 16.7 Å². The monoisotopic (exact) mass is 321 g/mol. The second kappa shape index (κ2) is 6.91. The number of rotatable bonds is 6. The molecule has 0 amide bonds. The Bertz CT molecular complexity index is 859. The highest BCUT2D eigenvalue weighted by Crippen LogP contribution is 2.29. The highest BCUT2D eigenvalue weighted by atomic mass is 16.5. The lowest BCUT2D eigenvalue weighted by Gasteiger charge is -2.16. The van der Waals surface area contributed by atoms with Crippen molar-refractivity contribution in [3.63, 3.8) is 0 Å². The second-order valence-corrected chi connectivity index (χ2v) is 6.00. The van der Waals surface area contributed by atoms with Gasteiger partial charge in [-0.2, -0.15) is 0 Å². The van der Waals surface area contributed by atoms with Gasteiger partial charge >= 0.3 is 0 Å². The quantitative estimate of drug-likeness (QED) is 0.581. The lowest BCUT2D eigenvalue weighted by atomic mass is 10.0. The van der Waals surface area contributed by atoms with Crippen LogP contribution >= 0.6 is 0 Å². The van der Waals surface area contributed by atoms with E-state index in [0.29, 0.717) is 17.4 Å². The van der Waals surface area contributed by atoms with Crippen LogP contribution < -0.4 is 4.74 Å². The zero-order chi connectivity index (χ0) is 17.1. The minimum atomic E-state index is 0.0369. The Labute approximate surface area is 142 Å². The van der Waals surface area contributed by atoms with Gasteiger partial charge in [-0.15, -0.1) is 0 Å². The molecule has 0 aliphatic carbocycles. The molecule has 0 saturated heterocycles. The molecule has 0 radical (unpaired) electrons. The largest absolute Gasteiger partial charge is 0.497 e. The van der Waals surface area contributed by atoms with Crippen molar-refractivity contribution in [1.82, 2.24) is 4.57 Å². The maximum Gasteiger partial charge on any atom is 0.195 e. The molecule has 0 aliphatic heterocycles. The van der Waals surface area contributed by atoms with Crippen molar-refractivity contribution in [2.45, 2.75) is 32.7 Å². The summed E-state index contributed by atoms with van der Waals surface area (Å²) in [7, 11) is 1.61. The van der Waals surface area contributed by atoms with E-state index >= 15 is 0 Å². The molecule has 1 aromatic heterocycles. The summed E-state index contributed by atoms with van der Waals surface area (Å²) in [6, 6.07) is 15.9. The Hall–Kier alpha value is -2.55. The number of hydrogen-bond donors (Lipinski definition) is 0. The van der Waals surface area contributed by atoms with Gasteiger partial charge in [0.15, 0.2) is 5.78 Å². The van der Waals surface area contributed by atoms with Crippen LogP contribution in [0.25, 0.3) is 10.9 Å². The smallest absolute Gasteiger partial charge is 0.195 e. The summed E-state index contributed by atoms with van der Waals surface area (Å²) >= 11 is 0. The first-order chi connectivity index (χ1) is 11.7. The molecule has 0 spiro atoms. The first-order valence-electron chi connectivity index (χ1n) is 8.47. The Morgan fingerprint density at radius 2 is 1.83 bits per heavy atom. The molecule has 0 aliphatic rings. The third-order valence-electron chi connectivity index (χ3n) is 4.65. The summed E-state index contributed by atoms with van der Waals surface area (Å²) in [5.74, 6) is 0.736. The zero-order valence-electron chi connectivity index (χ0n) is 14.5.